The Hall–Kier alpha value is -3.29. The number of carbonyl (C=O) groups is 2. The SMILES string of the molecule is O=C(NN=Cc1c(F)cccc1Cl)C(=Cc1cccs1)NC(=O)c1ccccc1. The van der Waals surface area contributed by atoms with E-state index in [4.69, 9.17) is 11.6 Å². The molecule has 1 heterocycles. The lowest BCUT2D eigenvalue weighted by atomic mass is 10.2. The van der Waals surface area contributed by atoms with Crippen molar-refractivity contribution in [2.24, 2.45) is 5.10 Å². The molecule has 0 bridgehead atoms. The van der Waals surface area contributed by atoms with Crippen LogP contribution in [0.25, 0.3) is 6.08 Å². The van der Waals surface area contributed by atoms with E-state index in [0.717, 1.165) is 11.1 Å². The summed E-state index contributed by atoms with van der Waals surface area (Å²) in [5, 5.41) is 8.35. The van der Waals surface area contributed by atoms with Crippen molar-refractivity contribution in [2.45, 2.75) is 0 Å². The van der Waals surface area contributed by atoms with Crippen molar-refractivity contribution < 1.29 is 14.0 Å². The monoisotopic (exact) mass is 427 g/mol. The van der Waals surface area contributed by atoms with Gasteiger partial charge in [0.1, 0.15) is 11.5 Å². The van der Waals surface area contributed by atoms with Crippen molar-refractivity contribution in [3.63, 3.8) is 0 Å². The lowest BCUT2D eigenvalue weighted by molar-refractivity contribution is -0.117. The third-order valence-electron chi connectivity index (χ3n) is 3.72. The Labute approximate surface area is 175 Å². The molecule has 0 aliphatic heterocycles. The quantitative estimate of drug-likeness (QED) is 0.346. The minimum Gasteiger partial charge on any atom is -0.317 e. The molecule has 5 nitrogen and oxygen atoms in total. The molecule has 0 aliphatic carbocycles. The minimum absolute atomic E-state index is 0.00177. The van der Waals surface area contributed by atoms with Crippen molar-refractivity contribution in [1.82, 2.24) is 10.7 Å². The number of hydrogen-bond donors (Lipinski definition) is 2. The van der Waals surface area contributed by atoms with Gasteiger partial charge in [-0.3, -0.25) is 9.59 Å². The lowest BCUT2D eigenvalue weighted by Gasteiger charge is -2.08. The molecule has 29 heavy (non-hydrogen) atoms. The molecule has 0 saturated heterocycles. The van der Waals surface area contributed by atoms with Gasteiger partial charge in [-0.25, -0.2) is 9.82 Å². The van der Waals surface area contributed by atoms with E-state index in [9.17, 15) is 14.0 Å². The number of rotatable bonds is 6. The lowest BCUT2D eigenvalue weighted by Crippen LogP contribution is -2.32. The Balaban J connectivity index is 1.78. The summed E-state index contributed by atoms with van der Waals surface area (Å²) in [6, 6.07) is 16.3. The van der Waals surface area contributed by atoms with Crippen molar-refractivity contribution in [3.05, 3.63) is 98.6 Å². The van der Waals surface area contributed by atoms with Crippen LogP contribution in [0.5, 0.6) is 0 Å². The molecule has 0 radical (unpaired) electrons. The van der Waals surface area contributed by atoms with Crippen molar-refractivity contribution in [3.8, 4) is 0 Å². The predicted molar refractivity (Wildman–Crippen MR) is 113 cm³/mol. The van der Waals surface area contributed by atoms with Gasteiger partial charge in [0.15, 0.2) is 0 Å². The summed E-state index contributed by atoms with van der Waals surface area (Å²) in [5.74, 6) is -1.67. The molecule has 146 valence electrons. The summed E-state index contributed by atoms with van der Waals surface area (Å²) in [7, 11) is 0. The molecular formula is C21H15ClFN3O2S. The number of benzene rings is 2. The number of hydrogen-bond acceptors (Lipinski definition) is 4. The van der Waals surface area contributed by atoms with Gasteiger partial charge >= 0.3 is 0 Å². The first kappa shape index (κ1) is 20.4. The maximum absolute atomic E-state index is 13.8. The second kappa shape index (κ2) is 9.77. The van der Waals surface area contributed by atoms with Crippen molar-refractivity contribution in [1.29, 1.82) is 0 Å². The maximum Gasteiger partial charge on any atom is 0.287 e. The Morgan fingerprint density at radius 1 is 1.03 bits per heavy atom. The first-order chi connectivity index (χ1) is 14.0. The molecule has 0 atom stereocenters. The van der Waals surface area contributed by atoms with Crippen LogP contribution in [0.15, 0.2) is 76.8 Å². The van der Waals surface area contributed by atoms with E-state index in [1.54, 1.807) is 36.4 Å². The van der Waals surface area contributed by atoms with Crippen LogP contribution in [0.1, 0.15) is 20.8 Å². The zero-order valence-corrected chi connectivity index (χ0v) is 16.5. The van der Waals surface area contributed by atoms with Crippen LogP contribution in [0.2, 0.25) is 5.02 Å². The van der Waals surface area contributed by atoms with Gasteiger partial charge in [-0.05, 0) is 41.8 Å². The zero-order valence-electron chi connectivity index (χ0n) is 14.9. The highest BCUT2D eigenvalue weighted by Gasteiger charge is 2.14. The molecule has 3 aromatic rings. The average Bonchev–Trinajstić information content (AvgIpc) is 3.23. The molecule has 2 aromatic carbocycles. The molecule has 8 heteroatoms. The van der Waals surface area contributed by atoms with Gasteiger partial charge in [-0.2, -0.15) is 5.10 Å². The number of carbonyl (C=O) groups excluding carboxylic acids is 2. The molecule has 3 rings (SSSR count). The first-order valence-electron chi connectivity index (χ1n) is 8.43. The third-order valence-corrected chi connectivity index (χ3v) is 4.87. The van der Waals surface area contributed by atoms with Crippen molar-refractivity contribution >= 4 is 47.0 Å². The van der Waals surface area contributed by atoms with E-state index in [2.05, 4.69) is 15.8 Å². The molecule has 0 spiro atoms. The van der Waals surface area contributed by atoms with Crippen LogP contribution < -0.4 is 10.7 Å². The van der Waals surface area contributed by atoms with Gasteiger partial charge in [0.25, 0.3) is 11.8 Å². The van der Waals surface area contributed by atoms with Crippen LogP contribution in [0.3, 0.4) is 0 Å². The van der Waals surface area contributed by atoms with Gasteiger partial charge in [-0.15, -0.1) is 11.3 Å². The zero-order chi connectivity index (χ0) is 20.6. The van der Waals surface area contributed by atoms with E-state index in [-0.39, 0.29) is 16.3 Å². The van der Waals surface area contributed by atoms with E-state index in [1.807, 2.05) is 11.4 Å². The fourth-order valence-corrected chi connectivity index (χ4v) is 3.18. The number of nitrogens with zero attached hydrogens (tertiary/aromatic N) is 1. The maximum atomic E-state index is 13.8. The van der Waals surface area contributed by atoms with Crippen molar-refractivity contribution in [2.75, 3.05) is 0 Å². The normalized spacial score (nSPS) is 11.4. The van der Waals surface area contributed by atoms with Gasteiger partial charge in [0.2, 0.25) is 0 Å². The highest BCUT2D eigenvalue weighted by Crippen LogP contribution is 2.16. The fraction of sp³-hybridized carbons (Fsp3) is 0. The number of amides is 2. The predicted octanol–water partition coefficient (Wildman–Crippen LogP) is 4.46. The minimum atomic E-state index is -0.661. The first-order valence-corrected chi connectivity index (χ1v) is 9.69. The Bertz CT molecular complexity index is 1050. The van der Waals surface area contributed by atoms with Gasteiger partial charge in [0.05, 0.1) is 11.2 Å². The molecule has 0 fully saturated rings. The van der Waals surface area contributed by atoms with Crippen LogP contribution in [0.4, 0.5) is 4.39 Å². The number of thiophene rings is 1. The number of hydrazone groups is 1. The number of nitrogens with one attached hydrogen (secondary N) is 2. The second-order valence-electron chi connectivity index (χ2n) is 5.73. The molecule has 1 aromatic heterocycles. The van der Waals surface area contributed by atoms with Gasteiger partial charge in [0, 0.05) is 16.0 Å². The molecule has 0 unspecified atom stereocenters. The molecule has 2 N–H and O–H groups in total. The van der Waals surface area contributed by atoms with Crippen LogP contribution in [-0.4, -0.2) is 18.0 Å². The van der Waals surface area contributed by atoms with Crippen LogP contribution in [-0.2, 0) is 4.79 Å². The van der Waals surface area contributed by atoms with Crippen LogP contribution in [0, 0.1) is 5.82 Å². The topological polar surface area (TPSA) is 70.6 Å². The third kappa shape index (κ3) is 5.60. The van der Waals surface area contributed by atoms with E-state index >= 15 is 0 Å². The Morgan fingerprint density at radius 3 is 2.52 bits per heavy atom. The van der Waals surface area contributed by atoms with E-state index < -0.39 is 17.6 Å². The summed E-state index contributed by atoms with van der Waals surface area (Å²) in [6.45, 7) is 0. The standard InChI is InChI=1S/C21H15ClFN3O2S/c22-17-9-4-10-18(23)16(17)13-24-26-21(28)19(12-15-8-5-11-29-15)25-20(27)14-6-2-1-3-7-14/h1-13H,(H,25,27)(H,26,28). The molecular weight excluding hydrogens is 413 g/mol. The molecule has 0 aliphatic rings. The average molecular weight is 428 g/mol. The molecule has 0 saturated carbocycles. The highest BCUT2D eigenvalue weighted by molar-refractivity contribution is 7.10. The summed E-state index contributed by atoms with van der Waals surface area (Å²) >= 11 is 7.33. The summed E-state index contributed by atoms with van der Waals surface area (Å²) in [6.07, 6.45) is 2.64. The summed E-state index contributed by atoms with van der Waals surface area (Å²) in [4.78, 5) is 25.8. The summed E-state index contributed by atoms with van der Waals surface area (Å²) < 4.78 is 13.8. The number of halogens is 2. The second-order valence-corrected chi connectivity index (χ2v) is 7.11. The highest BCUT2D eigenvalue weighted by atomic mass is 35.5. The largest absolute Gasteiger partial charge is 0.317 e. The van der Waals surface area contributed by atoms with Gasteiger partial charge in [-0.1, -0.05) is 41.9 Å². The van der Waals surface area contributed by atoms with Crippen LogP contribution >= 0.6 is 22.9 Å². The van der Waals surface area contributed by atoms with E-state index in [0.29, 0.717) is 5.56 Å². The Morgan fingerprint density at radius 2 is 1.83 bits per heavy atom. The smallest absolute Gasteiger partial charge is 0.287 e. The summed E-state index contributed by atoms with van der Waals surface area (Å²) in [5.41, 5.74) is 2.73. The molecule has 2 amide bonds. The van der Waals surface area contributed by atoms with E-state index in [1.165, 1.54) is 35.6 Å². The fourth-order valence-electron chi connectivity index (χ4n) is 2.31. The van der Waals surface area contributed by atoms with Gasteiger partial charge < -0.3 is 5.32 Å². The Kier molecular flexibility index (Phi) is 6.89.